The fourth-order valence-corrected chi connectivity index (χ4v) is 2.41. The van der Waals surface area contributed by atoms with Gasteiger partial charge in [0.2, 0.25) is 0 Å². The van der Waals surface area contributed by atoms with Crippen molar-refractivity contribution in [3.8, 4) is 5.75 Å². The van der Waals surface area contributed by atoms with Crippen LogP contribution in [-0.2, 0) is 12.8 Å². The van der Waals surface area contributed by atoms with Gasteiger partial charge in [0.15, 0.2) is 0 Å². The predicted octanol–water partition coefficient (Wildman–Crippen LogP) is 1.77. The molecule has 0 aromatic heterocycles. The molecule has 19 heavy (non-hydrogen) atoms. The normalized spacial score (nSPS) is 20.2. The van der Waals surface area contributed by atoms with Crippen LogP contribution in [0.25, 0.3) is 0 Å². The maximum absolute atomic E-state index is 12.2. The van der Waals surface area contributed by atoms with E-state index in [0.717, 1.165) is 25.0 Å². The van der Waals surface area contributed by atoms with Gasteiger partial charge in [-0.1, -0.05) is 6.07 Å². The van der Waals surface area contributed by atoms with Crippen LogP contribution in [0, 0.1) is 0 Å². The monoisotopic (exact) mass is 271 g/mol. The van der Waals surface area contributed by atoms with E-state index in [9.17, 15) is 8.78 Å². The molecular weight excluding hydrogens is 252 g/mol. The third kappa shape index (κ3) is 3.64. The summed E-state index contributed by atoms with van der Waals surface area (Å²) in [7, 11) is 1.62. The van der Waals surface area contributed by atoms with E-state index in [4.69, 9.17) is 9.84 Å². The van der Waals surface area contributed by atoms with E-state index in [0.29, 0.717) is 0 Å². The number of halogens is 2. The zero-order valence-corrected chi connectivity index (χ0v) is 10.9. The van der Waals surface area contributed by atoms with E-state index < -0.39 is 12.5 Å². The summed E-state index contributed by atoms with van der Waals surface area (Å²) < 4.78 is 29.6. The van der Waals surface area contributed by atoms with Crippen molar-refractivity contribution >= 4 is 0 Å². The molecule has 0 saturated carbocycles. The minimum absolute atomic E-state index is 0.0678. The Kier molecular flexibility index (Phi) is 4.71. The van der Waals surface area contributed by atoms with Gasteiger partial charge in [0.05, 0.1) is 7.11 Å². The summed E-state index contributed by atoms with van der Waals surface area (Å²) in [4.78, 5) is 0. The van der Waals surface area contributed by atoms with Crippen LogP contribution in [0.15, 0.2) is 18.2 Å². The molecule has 0 aliphatic heterocycles. The minimum atomic E-state index is -2.69. The maximum Gasteiger partial charge on any atom is 0.265 e. The lowest BCUT2D eigenvalue weighted by Crippen LogP contribution is -2.41. The van der Waals surface area contributed by atoms with Crippen LogP contribution in [0.5, 0.6) is 5.75 Å². The number of rotatable bonds is 5. The number of hydrogen-bond acceptors (Lipinski definition) is 3. The summed E-state index contributed by atoms with van der Waals surface area (Å²) >= 11 is 0. The van der Waals surface area contributed by atoms with Gasteiger partial charge in [-0.3, -0.25) is 0 Å². The smallest absolute Gasteiger partial charge is 0.265 e. The Morgan fingerprint density at radius 3 is 2.89 bits per heavy atom. The number of aryl methyl sites for hydroxylation is 1. The number of hydrogen-bond donors (Lipinski definition) is 2. The van der Waals surface area contributed by atoms with Gasteiger partial charge in [-0.15, -0.1) is 0 Å². The molecule has 0 spiro atoms. The number of benzene rings is 1. The first-order valence-corrected chi connectivity index (χ1v) is 6.45. The Morgan fingerprint density at radius 1 is 1.42 bits per heavy atom. The average molecular weight is 271 g/mol. The highest BCUT2D eigenvalue weighted by Crippen LogP contribution is 2.25. The van der Waals surface area contributed by atoms with Gasteiger partial charge >= 0.3 is 0 Å². The fourth-order valence-electron chi connectivity index (χ4n) is 2.41. The Hall–Kier alpha value is -1.20. The summed E-state index contributed by atoms with van der Waals surface area (Å²) in [6, 6.07) is 6.12. The first-order chi connectivity index (χ1) is 9.10. The highest BCUT2D eigenvalue weighted by atomic mass is 19.3. The van der Waals surface area contributed by atoms with Crippen LogP contribution in [0.3, 0.4) is 0 Å². The number of fused-ring (bicyclic) bond motifs is 1. The second-order valence-corrected chi connectivity index (χ2v) is 4.88. The van der Waals surface area contributed by atoms with Crippen LogP contribution in [-0.4, -0.2) is 37.3 Å². The first kappa shape index (κ1) is 14.2. The van der Waals surface area contributed by atoms with E-state index in [1.54, 1.807) is 7.11 Å². The zero-order valence-electron chi connectivity index (χ0n) is 10.9. The van der Waals surface area contributed by atoms with Crippen LogP contribution < -0.4 is 10.1 Å². The quantitative estimate of drug-likeness (QED) is 0.857. The second kappa shape index (κ2) is 6.30. The lowest BCUT2D eigenvalue weighted by atomic mass is 9.88. The van der Waals surface area contributed by atoms with Gasteiger partial charge in [0.1, 0.15) is 11.9 Å². The highest BCUT2D eigenvalue weighted by molar-refractivity contribution is 5.37. The van der Waals surface area contributed by atoms with Crippen molar-refractivity contribution < 1.29 is 18.6 Å². The molecular formula is C14H19F2NO2. The zero-order chi connectivity index (χ0) is 13.8. The van der Waals surface area contributed by atoms with Gasteiger partial charge in [0.25, 0.3) is 6.43 Å². The van der Waals surface area contributed by atoms with Gasteiger partial charge in [-0.25, -0.2) is 8.78 Å². The molecule has 1 aliphatic carbocycles. The molecule has 3 nitrogen and oxygen atoms in total. The third-order valence-corrected chi connectivity index (χ3v) is 3.55. The van der Waals surface area contributed by atoms with Crippen LogP contribution in [0.1, 0.15) is 17.5 Å². The summed E-state index contributed by atoms with van der Waals surface area (Å²) in [5.74, 6) is 0.812. The standard InChI is InChI=1S/C14H19F2NO2/c1-19-12-5-3-9-2-4-11(6-10(9)7-12)17-8-13(18)14(15)16/h3,5,7,11,13-14,17-18H,2,4,6,8H2,1H3. The van der Waals surface area contributed by atoms with Crippen LogP contribution in [0.4, 0.5) is 8.78 Å². The van der Waals surface area contributed by atoms with Crippen LogP contribution in [0.2, 0.25) is 0 Å². The molecule has 106 valence electrons. The molecule has 1 aromatic carbocycles. The van der Waals surface area contributed by atoms with E-state index in [1.165, 1.54) is 11.1 Å². The van der Waals surface area contributed by atoms with E-state index >= 15 is 0 Å². The van der Waals surface area contributed by atoms with Crippen molar-refractivity contribution in [1.29, 1.82) is 0 Å². The molecule has 0 heterocycles. The number of nitrogens with one attached hydrogen (secondary N) is 1. The molecule has 0 amide bonds. The largest absolute Gasteiger partial charge is 0.497 e. The lowest BCUT2D eigenvalue weighted by Gasteiger charge is -2.26. The van der Waals surface area contributed by atoms with Crippen molar-refractivity contribution in [2.24, 2.45) is 0 Å². The molecule has 1 aromatic rings. The fraction of sp³-hybridized carbons (Fsp3) is 0.571. The molecule has 1 aliphatic rings. The van der Waals surface area contributed by atoms with Gasteiger partial charge in [-0.2, -0.15) is 0 Å². The van der Waals surface area contributed by atoms with Crippen molar-refractivity contribution in [2.45, 2.75) is 37.8 Å². The van der Waals surface area contributed by atoms with Crippen LogP contribution >= 0.6 is 0 Å². The SMILES string of the molecule is COc1ccc2c(c1)CC(NCC(O)C(F)F)CC2. The predicted molar refractivity (Wildman–Crippen MR) is 68.8 cm³/mol. The summed E-state index contributed by atoms with van der Waals surface area (Å²) in [6.07, 6.45) is -1.69. The van der Waals surface area contributed by atoms with E-state index in [2.05, 4.69) is 11.4 Å². The number of ether oxygens (including phenoxy) is 1. The van der Waals surface area contributed by atoms with Crippen molar-refractivity contribution in [1.82, 2.24) is 5.32 Å². The Balaban J connectivity index is 1.93. The Morgan fingerprint density at radius 2 is 2.21 bits per heavy atom. The first-order valence-electron chi connectivity index (χ1n) is 6.45. The van der Waals surface area contributed by atoms with Crippen molar-refractivity contribution in [2.75, 3.05) is 13.7 Å². The molecule has 2 N–H and O–H groups in total. The highest BCUT2D eigenvalue weighted by Gasteiger charge is 2.22. The summed E-state index contributed by atoms with van der Waals surface area (Å²) in [5.41, 5.74) is 2.47. The number of alkyl halides is 2. The van der Waals surface area contributed by atoms with Gasteiger partial charge < -0.3 is 15.2 Å². The second-order valence-electron chi connectivity index (χ2n) is 4.88. The minimum Gasteiger partial charge on any atom is -0.497 e. The Labute approximate surface area is 111 Å². The molecule has 2 rings (SSSR count). The number of aliphatic hydroxyl groups excluding tert-OH is 1. The topological polar surface area (TPSA) is 41.5 Å². The summed E-state index contributed by atoms with van der Waals surface area (Å²) in [6.45, 7) is -0.0678. The maximum atomic E-state index is 12.2. The number of methoxy groups -OCH3 is 1. The summed E-state index contributed by atoms with van der Waals surface area (Å²) in [5, 5.41) is 12.1. The van der Waals surface area contributed by atoms with E-state index in [1.807, 2.05) is 12.1 Å². The van der Waals surface area contributed by atoms with Gasteiger partial charge in [0, 0.05) is 12.6 Å². The van der Waals surface area contributed by atoms with E-state index in [-0.39, 0.29) is 12.6 Å². The molecule has 2 atom stereocenters. The van der Waals surface area contributed by atoms with Crippen molar-refractivity contribution in [3.63, 3.8) is 0 Å². The molecule has 0 radical (unpaired) electrons. The molecule has 5 heteroatoms. The van der Waals surface area contributed by atoms with Gasteiger partial charge in [-0.05, 0) is 42.5 Å². The molecule has 0 saturated heterocycles. The third-order valence-electron chi connectivity index (χ3n) is 3.55. The van der Waals surface area contributed by atoms with Crippen molar-refractivity contribution in [3.05, 3.63) is 29.3 Å². The lowest BCUT2D eigenvalue weighted by molar-refractivity contribution is -0.00480. The Bertz CT molecular complexity index is 426. The molecule has 2 unspecified atom stereocenters. The molecule has 0 bridgehead atoms. The average Bonchev–Trinajstić information content (AvgIpc) is 2.43. The number of aliphatic hydroxyl groups is 1. The molecule has 0 fully saturated rings.